The largest absolute Gasteiger partial charge is 0.364 e. The van der Waals surface area contributed by atoms with E-state index in [0.29, 0.717) is 0 Å². The molecule has 0 radical (unpaired) electrons. The maximum Gasteiger partial charge on any atom is 0.364 e. The van der Waals surface area contributed by atoms with Crippen molar-refractivity contribution in [2.75, 3.05) is 0 Å². The van der Waals surface area contributed by atoms with E-state index in [4.69, 9.17) is 0 Å². The van der Waals surface area contributed by atoms with Crippen molar-refractivity contribution in [2.24, 2.45) is 0 Å². The molecule has 0 aromatic rings. The maximum absolute atomic E-state index is 9.22. The van der Waals surface area contributed by atoms with Crippen molar-refractivity contribution in [3.63, 3.8) is 0 Å². The lowest BCUT2D eigenvalue weighted by molar-refractivity contribution is 0.0850. The Hall–Kier alpha value is 0.0700. The Morgan fingerprint density at radius 1 is 1.50 bits per heavy atom. The van der Waals surface area contributed by atoms with Crippen LogP contribution in [-0.2, 0) is 20.0 Å². The number of hydrogen-bond donors (Lipinski definition) is 0. The van der Waals surface area contributed by atoms with Crippen molar-refractivity contribution in [1.29, 1.82) is 0 Å². The van der Waals surface area contributed by atoms with Crippen molar-refractivity contribution in [2.45, 2.75) is 0 Å². The van der Waals surface area contributed by atoms with Gasteiger partial charge in [-0.25, -0.2) is 0 Å². The van der Waals surface area contributed by atoms with E-state index in [1.807, 2.05) is 0 Å². The first kappa shape index (κ1) is 2.32. The molecule has 1 heterocycles. The lowest BCUT2D eigenvalue weighted by atomic mass is 15.0. The average Bonchev–Trinajstić information content (AvgIpc) is 1.75. The summed E-state index contributed by atoms with van der Waals surface area (Å²) in [5.41, 5.74) is 0. The van der Waals surface area contributed by atoms with E-state index in [-0.39, 0.29) is 0 Å². The fourth-order valence-corrected chi connectivity index (χ4v) is 0.102. The molecule has 0 amide bonds. The minimum atomic E-state index is -1.36. The Kier molecular flexibility index (Phi) is 0.296. The van der Waals surface area contributed by atoms with Gasteiger partial charge in [-0.15, -0.1) is 0 Å². The third kappa shape index (κ3) is 0.251. The number of rotatable bonds is 0. The van der Waals surface area contributed by atoms with Gasteiger partial charge in [-0.05, 0) is 0 Å². The molecule has 0 N–H and O–H groups in total. The molecule has 0 aromatic heterocycles. The van der Waals surface area contributed by atoms with Gasteiger partial charge in [0.2, 0.25) is 0 Å². The second kappa shape index (κ2) is 0.512. The van der Waals surface area contributed by atoms with Gasteiger partial charge in [0, 0.05) is 0 Å². The van der Waals surface area contributed by atoms with E-state index < -0.39 is 11.4 Å². The fraction of sp³-hybridized carbons (Fsp3) is 0. The molecule has 4 heavy (non-hydrogen) atoms. The third-order valence-corrected chi connectivity index (χ3v) is 0.371. The van der Waals surface area contributed by atoms with Crippen LogP contribution < -0.4 is 0 Å². The molecule has 1 aliphatic heterocycles. The second-order valence-corrected chi connectivity index (χ2v) is 1.02. The molecule has 0 atom stereocenters. The van der Waals surface area contributed by atoms with E-state index in [2.05, 4.69) is 8.67 Å². The van der Waals surface area contributed by atoms with Crippen molar-refractivity contribution in [3.05, 3.63) is 0 Å². The zero-order chi connectivity index (χ0) is 2.99. The Morgan fingerprint density at radius 2 is 1.75 bits per heavy atom. The Balaban J connectivity index is 2.60. The summed E-state index contributed by atoms with van der Waals surface area (Å²) in [5.74, 6) is 0. The van der Waals surface area contributed by atoms with E-state index in [9.17, 15) is 4.21 Å². The Morgan fingerprint density at radius 3 is 1.75 bits per heavy atom. The first-order valence-corrected chi connectivity index (χ1v) is 1.67. The van der Waals surface area contributed by atoms with Gasteiger partial charge in [0.05, 0.1) is 0 Å². The van der Waals surface area contributed by atoms with E-state index in [0.717, 1.165) is 0 Å². The van der Waals surface area contributed by atoms with Crippen molar-refractivity contribution >= 4 is 11.4 Å². The van der Waals surface area contributed by atoms with Gasteiger partial charge in [-0.1, -0.05) is 8.67 Å². The molecular weight excluding hydrogens is 80.1 g/mol. The molecule has 0 saturated carbocycles. The molecule has 0 spiro atoms. The molecule has 0 unspecified atom stereocenters. The van der Waals surface area contributed by atoms with Gasteiger partial charge in [0.1, 0.15) is 0 Å². The summed E-state index contributed by atoms with van der Waals surface area (Å²) in [7, 11) is 0. The highest BCUT2D eigenvalue weighted by molar-refractivity contribution is 7.79. The van der Waals surface area contributed by atoms with Gasteiger partial charge in [-0.2, -0.15) is 4.21 Å². The zero-order valence-electron chi connectivity index (χ0n) is 1.63. The highest BCUT2D eigenvalue weighted by Gasteiger charge is 2.17. The van der Waals surface area contributed by atoms with Gasteiger partial charge >= 0.3 is 11.4 Å². The van der Waals surface area contributed by atoms with Crippen molar-refractivity contribution in [3.8, 4) is 0 Å². The quantitative estimate of drug-likeness (QED) is 0.291. The summed E-state index contributed by atoms with van der Waals surface area (Å²) in [6.45, 7) is 0. The molecule has 1 aliphatic rings. The molecule has 1 saturated heterocycles. The molecule has 1 fully saturated rings. The van der Waals surface area contributed by atoms with E-state index in [1.54, 1.807) is 0 Å². The van der Waals surface area contributed by atoms with Crippen LogP contribution in [0.1, 0.15) is 0 Å². The molecule has 0 bridgehead atoms. The fourth-order valence-electron chi connectivity index (χ4n) is 0.0113. The van der Waals surface area contributed by atoms with Gasteiger partial charge in [-0.3, -0.25) is 0 Å². The smallest absolute Gasteiger partial charge is 0.192 e. The highest BCUT2D eigenvalue weighted by atomic mass is 32.2. The predicted molar refractivity (Wildman–Crippen MR) is 10.3 cm³/mol. The summed E-state index contributed by atoms with van der Waals surface area (Å²) in [6, 6.07) is 0. The topological polar surface area (TPSA) is 42.1 Å². The Labute approximate surface area is 25.3 Å². The second-order valence-electron chi connectivity index (χ2n) is 0.340. The summed E-state index contributed by atoms with van der Waals surface area (Å²) < 4.78 is 16.6. The van der Waals surface area contributed by atoms with Crippen LogP contribution in [0.4, 0.5) is 0 Å². The van der Waals surface area contributed by atoms with Gasteiger partial charge in [0.15, 0.2) is 0 Å². The van der Waals surface area contributed by atoms with Crippen LogP contribution in [-0.4, -0.2) is 4.21 Å². The summed E-state index contributed by atoms with van der Waals surface area (Å²) in [4.78, 5) is 0. The molecule has 0 aromatic carbocycles. The monoisotopic (exact) mass is 80.0 g/mol. The van der Waals surface area contributed by atoms with Crippen LogP contribution in [0.25, 0.3) is 0 Å². The minimum Gasteiger partial charge on any atom is -0.192 e. The zero-order valence-corrected chi connectivity index (χ0v) is 2.45. The predicted octanol–water partition coefficient (Wildman–Crippen LogP) is -0.473. The van der Waals surface area contributed by atoms with Crippen LogP contribution in [0, 0.1) is 0 Å². The van der Waals surface area contributed by atoms with Crippen LogP contribution in [0.2, 0.25) is 0 Å². The normalized spacial score (nSPS) is 26.0. The van der Waals surface area contributed by atoms with Crippen LogP contribution >= 0.6 is 0 Å². The maximum atomic E-state index is 9.22. The molecule has 0 aliphatic carbocycles. The third-order valence-electron chi connectivity index (χ3n) is 0.124. The van der Waals surface area contributed by atoms with Crippen LogP contribution in [0.3, 0.4) is 0 Å². The molecule has 24 valence electrons. The SMILES string of the molecule is O=S1OO1. The summed E-state index contributed by atoms with van der Waals surface area (Å²) in [5, 5.41) is 0. The molecule has 1 rings (SSSR count). The van der Waals surface area contributed by atoms with Crippen molar-refractivity contribution < 1.29 is 12.9 Å². The van der Waals surface area contributed by atoms with E-state index in [1.165, 1.54) is 0 Å². The van der Waals surface area contributed by atoms with Crippen molar-refractivity contribution in [1.82, 2.24) is 0 Å². The first-order valence-electron chi connectivity index (χ1n) is 0.667. The van der Waals surface area contributed by atoms with Crippen LogP contribution in [0.15, 0.2) is 0 Å². The standard InChI is InChI=1S/O3S/c1-4-2-3-4. The lowest BCUT2D eigenvalue weighted by Gasteiger charge is -1.14. The van der Waals surface area contributed by atoms with Gasteiger partial charge < -0.3 is 0 Å². The lowest BCUT2D eigenvalue weighted by Crippen LogP contribution is -1.36. The minimum absolute atomic E-state index is 1.36. The molecular formula is O3S. The average molecular weight is 80.1 g/mol. The molecule has 3 nitrogen and oxygen atoms in total. The highest BCUT2D eigenvalue weighted by Crippen LogP contribution is 2.03. The van der Waals surface area contributed by atoms with Gasteiger partial charge in [0.25, 0.3) is 0 Å². The first-order chi connectivity index (χ1) is 1.89. The summed E-state index contributed by atoms with van der Waals surface area (Å²) >= 11 is -1.36. The summed E-state index contributed by atoms with van der Waals surface area (Å²) in [6.07, 6.45) is 0. The Bertz CT molecular complexity index is 41.2. The molecule has 4 heteroatoms. The van der Waals surface area contributed by atoms with E-state index >= 15 is 0 Å². The number of hydrogen-bond acceptors (Lipinski definition) is 3. The van der Waals surface area contributed by atoms with Crippen LogP contribution in [0.5, 0.6) is 0 Å².